The molecule has 0 aliphatic carbocycles. The van der Waals surface area contributed by atoms with Crippen LogP contribution in [0.2, 0.25) is 0 Å². The zero-order valence-corrected chi connectivity index (χ0v) is 15.8. The lowest BCUT2D eigenvalue weighted by Gasteiger charge is -2.26. The van der Waals surface area contributed by atoms with Gasteiger partial charge in [-0.05, 0) is 43.9 Å². The van der Waals surface area contributed by atoms with Crippen molar-refractivity contribution < 1.29 is 18.0 Å². The fourth-order valence-corrected chi connectivity index (χ4v) is 2.81. The van der Waals surface area contributed by atoms with Gasteiger partial charge in [-0.2, -0.15) is 13.2 Å². The molecule has 4 nitrogen and oxygen atoms in total. The van der Waals surface area contributed by atoms with Crippen LogP contribution in [0.3, 0.4) is 0 Å². The average Bonchev–Trinajstić information content (AvgIpc) is 2.61. The van der Waals surface area contributed by atoms with E-state index in [2.05, 4.69) is 5.32 Å². The first-order valence-corrected chi connectivity index (χ1v) is 8.49. The van der Waals surface area contributed by atoms with Gasteiger partial charge in [0, 0.05) is 26.3 Å². The van der Waals surface area contributed by atoms with Crippen molar-refractivity contribution >= 4 is 11.6 Å². The standard InChI is InChI=1S/C20H24F3N3O/c1-25(2)15-11-9-14(10-12-15)18(26(3)4)13-24-19(27)16-7-5-6-8-17(16)20(21,22)23/h5-12,18H,13H2,1-4H3,(H,24,27). The molecule has 2 aromatic carbocycles. The number of hydrogen-bond donors (Lipinski definition) is 1. The lowest BCUT2D eigenvalue weighted by atomic mass is 10.0. The highest BCUT2D eigenvalue weighted by Gasteiger charge is 2.34. The minimum absolute atomic E-state index is 0.164. The van der Waals surface area contributed by atoms with Crippen molar-refractivity contribution in [1.82, 2.24) is 10.2 Å². The molecule has 1 amide bonds. The number of alkyl halides is 3. The third-order valence-corrected chi connectivity index (χ3v) is 4.35. The number of halogens is 3. The number of carbonyl (C=O) groups is 1. The number of hydrogen-bond acceptors (Lipinski definition) is 3. The van der Waals surface area contributed by atoms with Crippen molar-refractivity contribution in [3.05, 3.63) is 65.2 Å². The molecule has 0 aliphatic heterocycles. The van der Waals surface area contributed by atoms with Crippen LogP contribution < -0.4 is 10.2 Å². The van der Waals surface area contributed by atoms with E-state index in [0.717, 1.165) is 17.3 Å². The molecule has 27 heavy (non-hydrogen) atoms. The number of amides is 1. The van der Waals surface area contributed by atoms with Crippen LogP contribution in [-0.2, 0) is 6.18 Å². The van der Waals surface area contributed by atoms with Gasteiger partial charge in [-0.15, -0.1) is 0 Å². The molecule has 0 radical (unpaired) electrons. The maximum absolute atomic E-state index is 13.1. The molecule has 0 saturated carbocycles. The molecule has 2 aromatic rings. The number of nitrogens with zero attached hydrogens (tertiary/aromatic N) is 2. The Morgan fingerprint density at radius 1 is 1.00 bits per heavy atom. The van der Waals surface area contributed by atoms with E-state index in [9.17, 15) is 18.0 Å². The topological polar surface area (TPSA) is 35.6 Å². The van der Waals surface area contributed by atoms with Crippen molar-refractivity contribution in [2.24, 2.45) is 0 Å². The van der Waals surface area contributed by atoms with Gasteiger partial charge in [-0.1, -0.05) is 24.3 Å². The lowest BCUT2D eigenvalue weighted by molar-refractivity contribution is -0.137. The number of likely N-dealkylation sites (N-methyl/N-ethyl adjacent to an activating group) is 1. The second-order valence-electron chi connectivity index (χ2n) is 6.72. The zero-order valence-electron chi connectivity index (χ0n) is 15.8. The molecule has 1 unspecified atom stereocenters. The molecule has 0 fully saturated rings. The Morgan fingerprint density at radius 3 is 2.11 bits per heavy atom. The molecular weight excluding hydrogens is 355 g/mol. The van der Waals surface area contributed by atoms with Gasteiger partial charge >= 0.3 is 6.18 Å². The molecule has 0 spiro atoms. The molecule has 0 aliphatic rings. The second-order valence-corrected chi connectivity index (χ2v) is 6.72. The predicted octanol–water partition coefficient (Wildman–Crippen LogP) is 3.80. The molecule has 0 heterocycles. The highest BCUT2D eigenvalue weighted by atomic mass is 19.4. The van der Waals surface area contributed by atoms with Crippen LogP contribution >= 0.6 is 0 Å². The number of carbonyl (C=O) groups excluding carboxylic acids is 1. The van der Waals surface area contributed by atoms with Gasteiger partial charge in [0.1, 0.15) is 0 Å². The van der Waals surface area contributed by atoms with Crippen LogP contribution in [0.5, 0.6) is 0 Å². The molecule has 0 bridgehead atoms. The van der Waals surface area contributed by atoms with Crippen molar-refractivity contribution in [1.29, 1.82) is 0 Å². The zero-order chi connectivity index (χ0) is 20.2. The highest BCUT2D eigenvalue weighted by Crippen LogP contribution is 2.31. The van der Waals surface area contributed by atoms with Crippen LogP contribution in [0.25, 0.3) is 0 Å². The maximum Gasteiger partial charge on any atom is 0.417 e. The summed E-state index contributed by atoms with van der Waals surface area (Å²) >= 11 is 0. The quantitative estimate of drug-likeness (QED) is 0.829. The Bertz CT molecular complexity index is 771. The van der Waals surface area contributed by atoms with Gasteiger partial charge in [0.05, 0.1) is 17.2 Å². The molecule has 7 heteroatoms. The Labute approximate surface area is 157 Å². The monoisotopic (exact) mass is 379 g/mol. The van der Waals surface area contributed by atoms with Crippen LogP contribution in [0.15, 0.2) is 48.5 Å². The summed E-state index contributed by atoms with van der Waals surface area (Å²) in [6.07, 6.45) is -4.57. The largest absolute Gasteiger partial charge is 0.417 e. The first-order valence-electron chi connectivity index (χ1n) is 8.49. The first-order chi connectivity index (χ1) is 12.6. The lowest BCUT2D eigenvalue weighted by Crippen LogP contribution is -2.35. The van der Waals surface area contributed by atoms with Crippen molar-refractivity contribution in [2.45, 2.75) is 12.2 Å². The van der Waals surface area contributed by atoms with Gasteiger partial charge in [0.2, 0.25) is 0 Å². The highest BCUT2D eigenvalue weighted by molar-refractivity contribution is 5.95. The summed E-state index contributed by atoms with van der Waals surface area (Å²) in [7, 11) is 7.61. The molecule has 1 atom stereocenters. The van der Waals surface area contributed by atoms with Crippen LogP contribution in [-0.4, -0.2) is 45.5 Å². The van der Waals surface area contributed by atoms with Crippen molar-refractivity contribution in [2.75, 3.05) is 39.6 Å². The smallest absolute Gasteiger partial charge is 0.378 e. The van der Waals surface area contributed by atoms with Gasteiger partial charge in [0.15, 0.2) is 0 Å². The van der Waals surface area contributed by atoms with Crippen LogP contribution in [0, 0.1) is 0 Å². The van der Waals surface area contributed by atoms with Gasteiger partial charge < -0.3 is 15.1 Å². The molecular formula is C20H24F3N3O. The normalized spacial score (nSPS) is 12.7. The SMILES string of the molecule is CN(C)c1ccc(C(CNC(=O)c2ccccc2C(F)(F)F)N(C)C)cc1. The minimum atomic E-state index is -4.57. The number of anilines is 1. The second kappa shape index (κ2) is 8.43. The summed E-state index contributed by atoms with van der Waals surface area (Å²) in [6.45, 7) is 0.194. The Hall–Kier alpha value is -2.54. The van der Waals surface area contributed by atoms with E-state index >= 15 is 0 Å². The third-order valence-electron chi connectivity index (χ3n) is 4.35. The van der Waals surface area contributed by atoms with Gasteiger partial charge in [-0.25, -0.2) is 0 Å². The van der Waals surface area contributed by atoms with Gasteiger partial charge in [-0.3, -0.25) is 4.79 Å². The summed E-state index contributed by atoms with van der Waals surface area (Å²) in [6, 6.07) is 12.5. The number of nitrogens with one attached hydrogen (secondary N) is 1. The Balaban J connectivity index is 2.16. The third kappa shape index (κ3) is 5.23. The van der Waals surface area contributed by atoms with E-state index in [1.54, 1.807) is 0 Å². The van der Waals surface area contributed by atoms with Gasteiger partial charge in [0.25, 0.3) is 5.91 Å². The Kier molecular flexibility index (Phi) is 6.49. The molecule has 2 rings (SSSR count). The molecule has 1 N–H and O–H groups in total. The predicted molar refractivity (Wildman–Crippen MR) is 101 cm³/mol. The fraction of sp³-hybridized carbons (Fsp3) is 0.350. The summed E-state index contributed by atoms with van der Waals surface area (Å²) in [4.78, 5) is 16.3. The van der Waals surface area contributed by atoms with E-state index in [-0.39, 0.29) is 18.2 Å². The van der Waals surface area contributed by atoms with E-state index < -0.39 is 17.6 Å². The summed E-state index contributed by atoms with van der Waals surface area (Å²) in [5.74, 6) is -0.736. The first kappa shape index (κ1) is 20.8. The fourth-order valence-electron chi connectivity index (χ4n) is 2.81. The molecule has 0 saturated heterocycles. The van der Waals surface area contributed by atoms with E-state index in [1.165, 1.54) is 18.2 Å². The van der Waals surface area contributed by atoms with Crippen LogP contribution in [0.4, 0.5) is 18.9 Å². The molecule has 146 valence electrons. The van der Waals surface area contributed by atoms with E-state index in [0.29, 0.717) is 0 Å². The summed E-state index contributed by atoms with van der Waals surface area (Å²) < 4.78 is 39.3. The van der Waals surface area contributed by atoms with Crippen LogP contribution in [0.1, 0.15) is 27.5 Å². The minimum Gasteiger partial charge on any atom is -0.378 e. The number of benzene rings is 2. The number of rotatable bonds is 6. The van der Waals surface area contributed by atoms with Crippen molar-refractivity contribution in [3.63, 3.8) is 0 Å². The Morgan fingerprint density at radius 2 is 1.59 bits per heavy atom. The van der Waals surface area contributed by atoms with E-state index in [1.807, 2.05) is 62.3 Å². The van der Waals surface area contributed by atoms with E-state index in [4.69, 9.17) is 0 Å². The molecule has 0 aromatic heterocycles. The average molecular weight is 379 g/mol. The maximum atomic E-state index is 13.1. The summed E-state index contributed by atoms with van der Waals surface area (Å²) in [5, 5.41) is 2.64. The van der Waals surface area contributed by atoms with Crippen molar-refractivity contribution in [3.8, 4) is 0 Å². The summed E-state index contributed by atoms with van der Waals surface area (Å²) in [5.41, 5.74) is 0.708.